The fourth-order valence-electron chi connectivity index (χ4n) is 2.79. The molecule has 1 aromatic heterocycles. The molecule has 1 unspecified atom stereocenters. The quantitative estimate of drug-likeness (QED) is 0.729. The van der Waals surface area contributed by atoms with E-state index in [1.807, 2.05) is 31.2 Å². The third-order valence-electron chi connectivity index (χ3n) is 4.04. The van der Waals surface area contributed by atoms with Crippen LogP contribution in [0.5, 0.6) is 0 Å². The maximum Gasteiger partial charge on any atom is 0.251 e. The largest absolute Gasteiger partial charge is 0.383 e. The number of hydrogen-bond donors (Lipinski definition) is 1. The van der Waals surface area contributed by atoms with E-state index in [-0.39, 0.29) is 11.9 Å². The first-order chi connectivity index (χ1) is 12.1. The Labute approximate surface area is 151 Å². The molecule has 0 fully saturated rings. The number of amides is 1. The van der Waals surface area contributed by atoms with Gasteiger partial charge in [-0.2, -0.15) is 0 Å². The zero-order valence-corrected chi connectivity index (χ0v) is 15.0. The van der Waals surface area contributed by atoms with E-state index < -0.39 is 0 Å². The number of halogens is 1. The van der Waals surface area contributed by atoms with E-state index in [4.69, 9.17) is 21.3 Å². The molecule has 0 aliphatic heterocycles. The molecule has 130 valence electrons. The summed E-state index contributed by atoms with van der Waals surface area (Å²) in [7, 11) is 1.67. The van der Waals surface area contributed by atoms with Gasteiger partial charge >= 0.3 is 0 Å². The molecule has 3 rings (SSSR count). The zero-order chi connectivity index (χ0) is 17.8. The fourth-order valence-corrected chi connectivity index (χ4v) is 2.91. The van der Waals surface area contributed by atoms with Crippen LogP contribution in [0, 0.1) is 0 Å². The van der Waals surface area contributed by atoms with Crippen molar-refractivity contribution in [1.82, 2.24) is 14.9 Å². The van der Waals surface area contributed by atoms with Crippen LogP contribution < -0.4 is 5.32 Å². The van der Waals surface area contributed by atoms with E-state index in [1.165, 1.54) is 0 Å². The summed E-state index contributed by atoms with van der Waals surface area (Å²) in [5.74, 6) is 0.648. The maximum atomic E-state index is 12.5. The molecule has 25 heavy (non-hydrogen) atoms. The molecule has 0 saturated heterocycles. The van der Waals surface area contributed by atoms with Crippen molar-refractivity contribution in [3.63, 3.8) is 0 Å². The van der Waals surface area contributed by atoms with Crippen molar-refractivity contribution in [2.45, 2.75) is 19.5 Å². The monoisotopic (exact) mass is 357 g/mol. The molecule has 0 aliphatic carbocycles. The molecule has 0 aliphatic rings. The minimum atomic E-state index is -0.243. The van der Waals surface area contributed by atoms with Crippen LogP contribution in [-0.2, 0) is 11.3 Å². The first-order valence-corrected chi connectivity index (χ1v) is 8.48. The summed E-state index contributed by atoms with van der Waals surface area (Å²) in [6, 6.07) is 14.5. The number of carbonyl (C=O) groups is 1. The molecule has 3 aromatic rings. The Morgan fingerprint density at radius 1 is 1.24 bits per heavy atom. The van der Waals surface area contributed by atoms with Gasteiger partial charge in [0.2, 0.25) is 0 Å². The molecule has 1 amide bonds. The number of nitrogens with one attached hydrogen (secondary N) is 1. The van der Waals surface area contributed by atoms with Crippen LogP contribution in [0.4, 0.5) is 0 Å². The van der Waals surface area contributed by atoms with Crippen LogP contribution in [0.2, 0.25) is 5.02 Å². The highest BCUT2D eigenvalue weighted by atomic mass is 35.5. The lowest BCUT2D eigenvalue weighted by Crippen LogP contribution is -2.29. The number of nitrogens with zero attached hydrogens (tertiary/aromatic N) is 2. The van der Waals surface area contributed by atoms with Crippen LogP contribution in [0.15, 0.2) is 48.5 Å². The lowest BCUT2D eigenvalue weighted by Gasteiger charge is -2.16. The predicted octanol–water partition coefficient (Wildman–Crippen LogP) is 3.83. The van der Waals surface area contributed by atoms with Crippen molar-refractivity contribution < 1.29 is 9.53 Å². The van der Waals surface area contributed by atoms with Gasteiger partial charge in [-0.05, 0) is 43.3 Å². The molecule has 0 radical (unpaired) electrons. The standard InChI is InChI=1S/C19H20ClN3O2/c1-13(21-19(24)14-7-9-15(20)10-8-14)18-22-16-5-3-4-6-17(16)23(18)11-12-25-2/h3-10,13H,11-12H2,1-2H3,(H,21,24). The van der Waals surface area contributed by atoms with Crippen molar-refractivity contribution in [2.75, 3.05) is 13.7 Å². The van der Waals surface area contributed by atoms with E-state index >= 15 is 0 Å². The van der Waals surface area contributed by atoms with Gasteiger partial charge in [0.1, 0.15) is 5.82 Å². The van der Waals surface area contributed by atoms with Crippen LogP contribution in [0.25, 0.3) is 11.0 Å². The van der Waals surface area contributed by atoms with Gasteiger partial charge < -0.3 is 14.6 Å². The first kappa shape index (κ1) is 17.5. The molecule has 1 atom stereocenters. The van der Waals surface area contributed by atoms with Gasteiger partial charge in [0.15, 0.2) is 0 Å². The van der Waals surface area contributed by atoms with E-state index in [2.05, 4.69) is 9.88 Å². The summed E-state index contributed by atoms with van der Waals surface area (Å²) in [5, 5.41) is 3.61. The Kier molecular flexibility index (Phi) is 5.36. The van der Waals surface area contributed by atoms with E-state index in [9.17, 15) is 4.79 Å². The van der Waals surface area contributed by atoms with Gasteiger partial charge in [0.25, 0.3) is 5.91 Å². The van der Waals surface area contributed by atoms with E-state index in [0.29, 0.717) is 23.7 Å². The fraction of sp³-hybridized carbons (Fsp3) is 0.263. The van der Waals surface area contributed by atoms with Crippen molar-refractivity contribution in [3.05, 3.63) is 64.9 Å². The molecular weight excluding hydrogens is 338 g/mol. The SMILES string of the molecule is COCCn1c(C(C)NC(=O)c2ccc(Cl)cc2)nc2ccccc21. The summed E-state index contributed by atoms with van der Waals surface area (Å²) in [6.45, 7) is 3.18. The number of benzene rings is 2. The second-order valence-corrected chi connectivity index (χ2v) is 6.24. The number of methoxy groups -OCH3 is 1. The Morgan fingerprint density at radius 3 is 2.68 bits per heavy atom. The Morgan fingerprint density at radius 2 is 1.96 bits per heavy atom. The third kappa shape index (κ3) is 3.83. The number of carbonyl (C=O) groups excluding carboxylic acids is 1. The third-order valence-corrected chi connectivity index (χ3v) is 4.30. The lowest BCUT2D eigenvalue weighted by atomic mass is 10.2. The highest BCUT2D eigenvalue weighted by Crippen LogP contribution is 2.21. The van der Waals surface area contributed by atoms with Crippen molar-refractivity contribution in [2.24, 2.45) is 0 Å². The summed E-state index contributed by atoms with van der Waals surface area (Å²) < 4.78 is 7.30. The number of hydrogen-bond acceptors (Lipinski definition) is 3. The normalized spacial score (nSPS) is 12.3. The maximum absolute atomic E-state index is 12.5. The van der Waals surface area contributed by atoms with E-state index in [0.717, 1.165) is 16.9 Å². The Bertz CT molecular complexity index is 874. The van der Waals surface area contributed by atoms with Gasteiger partial charge in [0.05, 0.1) is 23.7 Å². The number of para-hydroxylation sites is 2. The number of ether oxygens (including phenoxy) is 1. The molecule has 1 N–H and O–H groups in total. The van der Waals surface area contributed by atoms with Crippen LogP contribution >= 0.6 is 11.6 Å². The summed E-state index contributed by atoms with van der Waals surface area (Å²) in [6.07, 6.45) is 0. The second-order valence-electron chi connectivity index (χ2n) is 5.81. The number of imidazole rings is 1. The molecule has 1 heterocycles. The van der Waals surface area contributed by atoms with Crippen molar-refractivity contribution >= 4 is 28.5 Å². The Hall–Kier alpha value is -2.37. The van der Waals surface area contributed by atoms with Crippen LogP contribution in [-0.4, -0.2) is 29.2 Å². The summed E-state index contributed by atoms with van der Waals surface area (Å²) in [5.41, 5.74) is 2.50. The average molecular weight is 358 g/mol. The van der Waals surface area contributed by atoms with E-state index in [1.54, 1.807) is 31.4 Å². The highest BCUT2D eigenvalue weighted by molar-refractivity contribution is 6.30. The van der Waals surface area contributed by atoms with Crippen molar-refractivity contribution in [3.8, 4) is 0 Å². The molecule has 2 aromatic carbocycles. The zero-order valence-electron chi connectivity index (χ0n) is 14.2. The van der Waals surface area contributed by atoms with Crippen LogP contribution in [0.3, 0.4) is 0 Å². The minimum Gasteiger partial charge on any atom is -0.383 e. The van der Waals surface area contributed by atoms with Gasteiger partial charge in [0, 0.05) is 24.2 Å². The average Bonchev–Trinajstić information content (AvgIpc) is 2.99. The predicted molar refractivity (Wildman–Crippen MR) is 98.9 cm³/mol. The number of aromatic nitrogens is 2. The van der Waals surface area contributed by atoms with Gasteiger partial charge in [-0.15, -0.1) is 0 Å². The molecule has 5 nitrogen and oxygen atoms in total. The van der Waals surface area contributed by atoms with Crippen LogP contribution in [0.1, 0.15) is 29.1 Å². The molecule has 0 saturated carbocycles. The summed E-state index contributed by atoms with van der Waals surface area (Å²) in [4.78, 5) is 17.2. The smallest absolute Gasteiger partial charge is 0.251 e. The molecule has 0 spiro atoms. The summed E-state index contributed by atoms with van der Waals surface area (Å²) >= 11 is 5.88. The van der Waals surface area contributed by atoms with Gasteiger partial charge in [-0.1, -0.05) is 23.7 Å². The number of rotatable bonds is 6. The molecular formula is C19H20ClN3O2. The molecule has 6 heteroatoms. The minimum absolute atomic E-state index is 0.158. The first-order valence-electron chi connectivity index (χ1n) is 8.10. The molecule has 0 bridgehead atoms. The van der Waals surface area contributed by atoms with Gasteiger partial charge in [-0.25, -0.2) is 4.98 Å². The van der Waals surface area contributed by atoms with Crippen molar-refractivity contribution in [1.29, 1.82) is 0 Å². The lowest BCUT2D eigenvalue weighted by molar-refractivity contribution is 0.0937. The number of fused-ring (bicyclic) bond motifs is 1. The van der Waals surface area contributed by atoms with Gasteiger partial charge in [-0.3, -0.25) is 4.79 Å². The topological polar surface area (TPSA) is 56.1 Å². The Balaban J connectivity index is 1.86. The second kappa shape index (κ2) is 7.68. The highest BCUT2D eigenvalue weighted by Gasteiger charge is 2.18.